The highest BCUT2D eigenvalue weighted by atomic mass is 32.1. The van der Waals surface area contributed by atoms with Crippen molar-refractivity contribution in [1.82, 2.24) is 4.98 Å². The van der Waals surface area contributed by atoms with Crippen LogP contribution in [-0.4, -0.2) is 29.4 Å². The number of ether oxygens (including phenoxy) is 2. The van der Waals surface area contributed by atoms with Gasteiger partial charge in [-0.25, -0.2) is 14.2 Å². The molecule has 0 aliphatic heterocycles. The lowest BCUT2D eigenvalue weighted by Crippen LogP contribution is -2.26. The fraction of sp³-hybridized carbons (Fsp3) is 0.211. The third-order valence-electron chi connectivity index (χ3n) is 3.59. The Morgan fingerprint density at radius 1 is 1.15 bits per heavy atom. The number of hydrogen-bond donors (Lipinski definition) is 0. The van der Waals surface area contributed by atoms with Gasteiger partial charge >= 0.3 is 5.97 Å². The summed E-state index contributed by atoms with van der Waals surface area (Å²) in [5.41, 5.74) is 1.17. The van der Waals surface area contributed by atoms with Gasteiger partial charge in [-0.15, -0.1) is 11.3 Å². The van der Waals surface area contributed by atoms with E-state index in [0.29, 0.717) is 0 Å². The van der Waals surface area contributed by atoms with E-state index < -0.39 is 23.7 Å². The molecular formula is C19H16FNO4S. The number of Topliss-reactive ketones (excluding diaryl/α,β-unsaturated/α-hetero) is 1. The molecule has 0 saturated heterocycles. The molecular weight excluding hydrogens is 357 g/mol. The maximum absolute atomic E-state index is 12.9. The van der Waals surface area contributed by atoms with E-state index in [9.17, 15) is 14.0 Å². The van der Waals surface area contributed by atoms with Gasteiger partial charge in [-0.1, -0.05) is 12.1 Å². The van der Waals surface area contributed by atoms with Crippen molar-refractivity contribution in [1.29, 1.82) is 0 Å². The van der Waals surface area contributed by atoms with Crippen LogP contribution in [0, 0.1) is 5.82 Å². The number of halogens is 1. The number of rotatable bonds is 7. The van der Waals surface area contributed by atoms with Crippen molar-refractivity contribution in [3.63, 3.8) is 0 Å². The Hall–Kier alpha value is -2.64. The molecule has 0 aliphatic carbocycles. The van der Waals surface area contributed by atoms with E-state index in [4.69, 9.17) is 9.47 Å². The SMILES string of the molecule is C[C@H](OC(=O)COCc1nc2ccccc2s1)C(=O)c1ccc(F)cc1. The lowest BCUT2D eigenvalue weighted by molar-refractivity contribution is -0.152. The van der Waals surface area contributed by atoms with Gasteiger partial charge in [0.15, 0.2) is 6.10 Å². The molecule has 3 rings (SSSR count). The highest BCUT2D eigenvalue weighted by Gasteiger charge is 2.19. The van der Waals surface area contributed by atoms with E-state index in [2.05, 4.69) is 4.98 Å². The molecule has 1 atom stereocenters. The number of hydrogen-bond acceptors (Lipinski definition) is 6. The number of aromatic nitrogens is 1. The first-order valence-corrected chi connectivity index (χ1v) is 8.76. The average molecular weight is 373 g/mol. The van der Waals surface area contributed by atoms with Gasteiger partial charge in [-0.2, -0.15) is 0 Å². The predicted molar refractivity (Wildman–Crippen MR) is 95.6 cm³/mol. The van der Waals surface area contributed by atoms with Crippen LogP contribution in [0.25, 0.3) is 10.2 Å². The maximum atomic E-state index is 12.9. The number of esters is 1. The van der Waals surface area contributed by atoms with Gasteiger partial charge in [0.1, 0.15) is 17.4 Å². The zero-order valence-corrected chi connectivity index (χ0v) is 14.8. The van der Waals surface area contributed by atoms with E-state index in [1.165, 1.54) is 42.5 Å². The van der Waals surface area contributed by atoms with Crippen LogP contribution in [0.15, 0.2) is 48.5 Å². The number of ketones is 1. The number of benzene rings is 2. The van der Waals surface area contributed by atoms with Crippen molar-refractivity contribution in [2.75, 3.05) is 6.61 Å². The van der Waals surface area contributed by atoms with Crippen LogP contribution < -0.4 is 0 Å². The Kier molecular flexibility index (Phi) is 5.70. The molecule has 1 heterocycles. The van der Waals surface area contributed by atoms with Crippen LogP contribution in [0.1, 0.15) is 22.3 Å². The molecule has 0 radical (unpaired) electrons. The van der Waals surface area contributed by atoms with Gasteiger partial charge in [-0.3, -0.25) is 4.79 Å². The molecule has 0 unspecified atom stereocenters. The van der Waals surface area contributed by atoms with Crippen molar-refractivity contribution in [2.24, 2.45) is 0 Å². The fourth-order valence-corrected chi connectivity index (χ4v) is 3.24. The van der Waals surface area contributed by atoms with Crippen LogP contribution in [0.3, 0.4) is 0 Å². The topological polar surface area (TPSA) is 65.5 Å². The van der Waals surface area contributed by atoms with Crippen molar-refractivity contribution >= 4 is 33.3 Å². The van der Waals surface area contributed by atoms with Crippen LogP contribution in [0.4, 0.5) is 4.39 Å². The number of thiazole rings is 1. The van der Waals surface area contributed by atoms with Crippen molar-refractivity contribution in [2.45, 2.75) is 19.6 Å². The van der Waals surface area contributed by atoms with E-state index in [0.717, 1.165) is 15.2 Å². The van der Waals surface area contributed by atoms with Crippen molar-refractivity contribution in [3.8, 4) is 0 Å². The normalized spacial score (nSPS) is 12.1. The summed E-state index contributed by atoms with van der Waals surface area (Å²) in [7, 11) is 0. The number of nitrogens with zero attached hydrogens (tertiary/aromatic N) is 1. The molecule has 2 aromatic carbocycles. The molecule has 5 nitrogen and oxygen atoms in total. The molecule has 0 amide bonds. The molecule has 0 aliphatic rings. The summed E-state index contributed by atoms with van der Waals surface area (Å²) in [6.07, 6.45) is -0.973. The summed E-state index contributed by atoms with van der Waals surface area (Å²) in [4.78, 5) is 28.4. The highest BCUT2D eigenvalue weighted by Crippen LogP contribution is 2.21. The van der Waals surface area contributed by atoms with Crippen molar-refractivity contribution < 1.29 is 23.5 Å². The minimum Gasteiger partial charge on any atom is -0.453 e. The average Bonchev–Trinajstić information content (AvgIpc) is 3.04. The zero-order chi connectivity index (χ0) is 18.5. The Morgan fingerprint density at radius 2 is 1.88 bits per heavy atom. The molecule has 3 aromatic rings. The Morgan fingerprint density at radius 3 is 2.62 bits per heavy atom. The molecule has 1 aromatic heterocycles. The first kappa shape index (κ1) is 18.2. The molecule has 7 heteroatoms. The van der Waals surface area contributed by atoms with Crippen LogP contribution in [0.5, 0.6) is 0 Å². The molecule has 0 bridgehead atoms. The third kappa shape index (κ3) is 4.50. The molecule has 26 heavy (non-hydrogen) atoms. The lowest BCUT2D eigenvalue weighted by Gasteiger charge is -2.12. The third-order valence-corrected chi connectivity index (χ3v) is 4.60. The predicted octanol–water partition coefficient (Wildman–Crippen LogP) is 3.77. The van der Waals surface area contributed by atoms with E-state index in [1.54, 1.807) is 0 Å². The number of fused-ring (bicyclic) bond motifs is 1. The summed E-state index contributed by atoms with van der Waals surface area (Å²) in [6.45, 7) is 1.38. The minimum absolute atomic E-state index is 0.189. The van der Waals surface area contributed by atoms with E-state index >= 15 is 0 Å². The van der Waals surface area contributed by atoms with Crippen LogP contribution in [-0.2, 0) is 20.9 Å². The van der Waals surface area contributed by atoms with Gasteiger partial charge in [0.25, 0.3) is 0 Å². The largest absolute Gasteiger partial charge is 0.453 e. The second-order valence-electron chi connectivity index (χ2n) is 5.57. The minimum atomic E-state index is -0.973. The molecule has 0 saturated carbocycles. The highest BCUT2D eigenvalue weighted by molar-refractivity contribution is 7.18. The first-order valence-electron chi connectivity index (χ1n) is 7.94. The monoisotopic (exact) mass is 373 g/mol. The summed E-state index contributed by atoms with van der Waals surface area (Å²) >= 11 is 1.49. The Bertz CT molecular complexity index is 890. The quantitative estimate of drug-likeness (QED) is 0.466. The molecule has 0 fully saturated rings. The van der Waals surface area contributed by atoms with Gasteiger partial charge in [0, 0.05) is 5.56 Å². The van der Waals surface area contributed by atoms with E-state index in [1.807, 2.05) is 24.3 Å². The molecule has 0 spiro atoms. The first-order chi connectivity index (χ1) is 12.5. The molecule has 134 valence electrons. The summed E-state index contributed by atoms with van der Waals surface area (Å²) in [5.74, 6) is -1.48. The summed E-state index contributed by atoms with van der Waals surface area (Å²) in [5, 5.41) is 0.759. The van der Waals surface area contributed by atoms with Gasteiger partial charge < -0.3 is 9.47 Å². The number of para-hydroxylation sites is 1. The second-order valence-corrected chi connectivity index (χ2v) is 6.69. The Balaban J connectivity index is 1.47. The smallest absolute Gasteiger partial charge is 0.332 e. The van der Waals surface area contributed by atoms with Gasteiger partial charge in [0.2, 0.25) is 5.78 Å². The number of carbonyl (C=O) groups excluding carboxylic acids is 2. The second kappa shape index (κ2) is 8.16. The Labute approximate surface area is 153 Å². The fourth-order valence-electron chi connectivity index (χ4n) is 2.34. The summed E-state index contributed by atoms with van der Waals surface area (Å²) in [6, 6.07) is 12.8. The van der Waals surface area contributed by atoms with Crippen molar-refractivity contribution in [3.05, 3.63) is 64.9 Å². The maximum Gasteiger partial charge on any atom is 0.332 e. The van der Waals surface area contributed by atoms with Gasteiger partial charge in [-0.05, 0) is 43.3 Å². The number of carbonyl (C=O) groups is 2. The van der Waals surface area contributed by atoms with Crippen LogP contribution in [0.2, 0.25) is 0 Å². The van der Waals surface area contributed by atoms with Crippen LogP contribution >= 0.6 is 11.3 Å². The van der Waals surface area contributed by atoms with Gasteiger partial charge in [0.05, 0.1) is 16.8 Å². The molecule has 0 N–H and O–H groups in total. The zero-order valence-electron chi connectivity index (χ0n) is 14.0. The lowest BCUT2D eigenvalue weighted by atomic mass is 10.1. The standard InChI is InChI=1S/C19H16FNO4S/c1-12(19(23)13-6-8-14(20)9-7-13)25-18(22)11-24-10-17-21-15-4-2-3-5-16(15)26-17/h2-9,12H,10-11H2,1H3/t12-/m0/s1. The summed E-state index contributed by atoms with van der Waals surface area (Å²) < 4.78 is 24.3. The van der Waals surface area contributed by atoms with E-state index in [-0.39, 0.29) is 18.8 Å².